The van der Waals surface area contributed by atoms with Crippen molar-refractivity contribution in [3.05, 3.63) is 57.6 Å². The van der Waals surface area contributed by atoms with Crippen LogP contribution < -0.4 is 10.1 Å². The summed E-state index contributed by atoms with van der Waals surface area (Å²) in [7, 11) is 0. The van der Waals surface area contributed by atoms with Gasteiger partial charge in [-0.1, -0.05) is 29.3 Å². The van der Waals surface area contributed by atoms with E-state index in [1.165, 1.54) is 0 Å². The van der Waals surface area contributed by atoms with Crippen LogP contribution in [0.25, 0.3) is 0 Å². The van der Waals surface area contributed by atoms with Crippen molar-refractivity contribution in [1.82, 2.24) is 0 Å². The number of benzene rings is 2. The lowest BCUT2D eigenvalue weighted by molar-refractivity contribution is 0.215. The third kappa shape index (κ3) is 3.65. The van der Waals surface area contributed by atoms with E-state index in [1.54, 1.807) is 30.3 Å². The van der Waals surface area contributed by atoms with Crippen molar-refractivity contribution in [2.45, 2.75) is 13.8 Å². The summed E-state index contributed by atoms with van der Waals surface area (Å²) in [6.07, 6.45) is -0.574. The van der Waals surface area contributed by atoms with E-state index in [4.69, 9.17) is 27.9 Å². The fourth-order valence-corrected chi connectivity index (χ4v) is 2.05. The lowest BCUT2D eigenvalue weighted by Gasteiger charge is -2.09. The van der Waals surface area contributed by atoms with Crippen molar-refractivity contribution in [3.8, 4) is 5.75 Å². The summed E-state index contributed by atoms with van der Waals surface area (Å²) in [6, 6.07) is 10.3. The van der Waals surface area contributed by atoms with Crippen LogP contribution in [0, 0.1) is 13.8 Å². The Kier molecular flexibility index (Phi) is 4.53. The van der Waals surface area contributed by atoms with Crippen LogP contribution in [-0.2, 0) is 0 Å². The molecule has 0 radical (unpaired) electrons. The smallest absolute Gasteiger partial charge is 0.410 e. The highest BCUT2D eigenvalue weighted by molar-refractivity contribution is 6.31. The molecule has 2 aromatic carbocycles. The number of hydrogen-bond acceptors (Lipinski definition) is 2. The normalized spacial score (nSPS) is 10.2. The molecule has 0 aliphatic heterocycles. The average Bonchev–Trinajstić information content (AvgIpc) is 2.37. The van der Waals surface area contributed by atoms with Gasteiger partial charge in [0.2, 0.25) is 0 Å². The fraction of sp³-hybridized carbons (Fsp3) is 0.133. The number of anilines is 1. The predicted octanol–water partition coefficient (Wildman–Crippen LogP) is 5.22. The number of amides is 1. The van der Waals surface area contributed by atoms with Crippen molar-refractivity contribution in [1.29, 1.82) is 0 Å². The number of rotatable bonds is 2. The number of aryl methyl sites for hydroxylation is 2. The molecule has 0 saturated carbocycles. The molecule has 0 aliphatic carbocycles. The van der Waals surface area contributed by atoms with Gasteiger partial charge >= 0.3 is 6.09 Å². The Labute approximate surface area is 127 Å². The first-order chi connectivity index (χ1) is 9.45. The summed E-state index contributed by atoms with van der Waals surface area (Å²) in [5.41, 5.74) is 2.31. The van der Waals surface area contributed by atoms with Gasteiger partial charge in [0.15, 0.2) is 0 Å². The molecular formula is C15H13Cl2NO2. The Morgan fingerprint density at radius 3 is 2.45 bits per heavy atom. The number of carbonyl (C=O) groups is 1. The van der Waals surface area contributed by atoms with E-state index in [9.17, 15) is 4.79 Å². The number of halogens is 2. The minimum atomic E-state index is -0.574. The van der Waals surface area contributed by atoms with E-state index in [-0.39, 0.29) is 0 Å². The van der Waals surface area contributed by atoms with Crippen LogP contribution in [0.5, 0.6) is 5.75 Å². The second-order valence-corrected chi connectivity index (χ2v) is 5.23. The first kappa shape index (κ1) is 14.7. The van der Waals surface area contributed by atoms with E-state index in [0.717, 1.165) is 11.1 Å². The maximum absolute atomic E-state index is 11.8. The Hall–Kier alpha value is -1.71. The number of hydrogen-bond donors (Lipinski definition) is 1. The Bertz CT molecular complexity index is 656. The second kappa shape index (κ2) is 6.16. The summed E-state index contributed by atoms with van der Waals surface area (Å²) in [4.78, 5) is 11.8. The molecule has 2 aromatic rings. The number of carbonyl (C=O) groups excluding carboxylic acids is 1. The summed E-state index contributed by atoms with van der Waals surface area (Å²) in [5, 5.41) is 3.81. The van der Waals surface area contributed by atoms with Crippen molar-refractivity contribution in [3.63, 3.8) is 0 Å². The SMILES string of the molecule is Cc1ccc(NC(=O)Oc2ccc(Cl)cc2C)cc1Cl. The van der Waals surface area contributed by atoms with Crippen molar-refractivity contribution in [2.75, 3.05) is 5.32 Å². The van der Waals surface area contributed by atoms with Crippen LogP contribution in [-0.4, -0.2) is 6.09 Å². The van der Waals surface area contributed by atoms with Gasteiger partial charge in [-0.05, 0) is 55.3 Å². The zero-order valence-electron chi connectivity index (χ0n) is 11.0. The highest BCUT2D eigenvalue weighted by Crippen LogP contribution is 2.23. The molecule has 0 bridgehead atoms. The minimum absolute atomic E-state index is 0.463. The molecule has 0 atom stereocenters. The molecule has 0 unspecified atom stereocenters. The molecular weight excluding hydrogens is 297 g/mol. The second-order valence-electron chi connectivity index (χ2n) is 4.39. The zero-order chi connectivity index (χ0) is 14.7. The standard InChI is InChI=1S/C15H13Cl2NO2/c1-9-3-5-12(8-13(9)17)18-15(19)20-14-6-4-11(16)7-10(14)2/h3-8H,1-2H3,(H,18,19). The molecule has 1 N–H and O–H groups in total. The van der Waals surface area contributed by atoms with Crippen LogP contribution in [0.3, 0.4) is 0 Å². The summed E-state index contributed by atoms with van der Waals surface area (Å²) >= 11 is 11.8. The van der Waals surface area contributed by atoms with Gasteiger partial charge in [-0.2, -0.15) is 0 Å². The van der Waals surface area contributed by atoms with Crippen molar-refractivity contribution < 1.29 is 9.53 Å². The monoisotopic (exact) mass is 309 g/mol. The van der Waals surface area contributed by atoms with Gasteiger partial charge in [-0.25, -0.2) is 4.79 Å². The molecule has 1 amide bonds. The molecule has 104 valence electrons. The third-order valence-electron chi connectivity index (χ3n) is 2.76. The minimum Gasteiger partial charge on any atom is -0.410 e. The Morgan fingerprint density at radius 2 is 1.80 bits per heavy atom. The van der Waals surface area contributed by atoms with Gasteiger partial charge in [-0.15, -0.1) is 0 Å². The molecule has 0 aromatic heterocycles. The van der Waals surface area contributed by atoms with E-state index in [2.05, 4.69) is 5.32 Å². The molecule has 5 heteroatoms. The zero-order valence-corrected chi connectivity index (χ0v) is 12.5. The highest BCUT2D eigenvalue weighted by atomic mass is 35.5. The molecule has 3 nitrogen and oxygen atoms in total. The summed E-state index contributed by atoms with van der Waals surface area (Å²) in [6.45, 7) is 3.71. The van der Waals surface area contributed by atoms with E-state index in [1.807, 2.05) is 19.9 Å². The van der Waals surface area contributed by atoms with Gasteiger partial charge in [0.25, 0.3) is 0 Å². The first-order valence-corrected chi connectivity index (χ1v) is 6.72. The molecule has 0 aliphatic rings. The summed E-state index contributed by atoms with van der Waals surface area (Å²) in [5.74, 6) is 0.463. The lowest BCUT2D eigenvalue weighted by atomic mass is 10.2. The largest absolute Gasteiger partial charge is 0.417 e. The fourth-order valence-electron chi connectivity index (χ4n) is 1.64. The lowest BCUT2D eigenvalue weighted by Crippen LogP contribution is -2.17. The van der Waals surface area contributed by atoms with Crippen molar-refractivity contribution >= 4 is 35.0 Å². The number of ether oxygens (including phenoxy) is 1. The van der Waals surface area contributed by atoms with Crippen LogP contribution >= 0.6 is 23.2 Å². The van der Waals surface area contributed by atoms with Crippen molar-refractivity contribution in [2.24, 2.45) is 0 Å². The van der Waals surface area contributed by atoms with E-state index in [0.29, 0.717) is 21.5 Å². The van der Waals surface area contributed by atoms with Crippen LogP contribution in [0.4, 0.5) is 10.5 Å². The van der Waals surface area contributed by atoms with Crippen LogP contribution in [0.2, 0.25) is 10.0 Å². The van der Waals surface area contributed by atoms with Gasteiger partial charge in [0, 0.05) is 15.7 Å². The van der Waals surface area contributed by atoms with Gasteiger partial charge in [0.05, 0.1) is 0 Å². The molecule has 2 rings (SSSR count). The molecule has 20 heavy (non-hydrogen) atoms. The van der Waals surface area contributed by atoms with E-state index < -0.39 is 6.09 Å². The van der Waals surface area contributed by atoms with Gasteiger partial charge in [0.1, 0.15) is 5.75 Å². The van der Waals surface area contributed by atoms with E-state index >= 15 is 0 Å². The van der Waals surface area contributed by atoms with Crippen LogP contribution in [0.15, 0.2) is 36.4 Å². The predicted molar refractivity (Wildman–Crippen MR) is 82.0 cm³/mol. The molecule has 0 heterocycles. The Balaban J connectivity index is 2.07. The molecule has 0 saturated heterocycles. The molecule has 0 spiro atoms. The average molecular weight is 310 g/mol. The van der Waals surface area contributed by atoms with Gasteiger partial charge < -0.3 is 4.74 Å². The number of nitrogens with one attached hydrogen (secondary N) is 1. The molecule has 0 fully saturated rings. The Morgan fingerprint density at radius 1 is 1.05 bits per heavy atom. The summed E-state index contributed by atoms with van der Waals surface area (Å²) < 4.78 is 5.22. The third-order valence-corrected chi connectivity index (χ3v) is 3.40. The van der Waals surface area contributed by atoms with Crippen LogP contribution in [0.1, 0.15) is 11.1 Å². The maximum atomic E-state index is 11.8. The topological polar surface area (TPSA) is 38.3 Å². The first-order valence-electron chi connectivity index (χ1n) is 5.97. The van der Waals surface area contributed by atoms with Gasteiger partial charge in [-0.3, -0.25) is 5.32 Å². The maximum Gasteiger partial charge on any atom is 0.417 e. The quantitative estimate of drug-likeness (QED) is 0.825. The highest BCUT2D eigenvalue weighted by Gasteiger charge is 2.08.